The second-order valence-electron chi connectivity index (χ2n) is 10.7. The second kappa shape index (κ2) is 13.5. The number of carbonyl (C=O) groups is 2. The Morgan fingerprint density at radius 3 is 2.54 bits per heavy atom. The number of nitrogens with zero attached hydrogens (tertiary/aromatic N) is 4. The van der Waals surface area contributed by atoms with E-state index in [4.69, 9.17) is 10.3 Å². The SMILES string of the molecule is C/C(=C\c1csc(C)n1)C1C[C@@H](O)[C@H](N=[N+]=[N-])CCCC(C)[C@H](O)[C@@H](C)C(=O)C(C)(C)[C@@H](O)CC(=O)O1. The molecular weight excluding hydrogens is 496 g/mol. The molecule has 0 radical (unpaired) electrons. The number of thiazole rings is 1. The summed E-state index contributed by atoms with van der Waals surface area (Å²) >= 11 is 1.48. The van der Waals surface area contributed by atoms with Crippen LogP contribution in [-0.4, -0.2) is 62.5 Å². The van der Waals surface area contributed by atoms with Gasteiger partial charge in [-0.3, -0.25) is 9.59 Å². The Bertz CT molecular complexity index is 1020. The summed E-state index contributed by atoms with van der Waals surface area (Å²) in [6.07, 6.45) is -1.47. The molecule has 1 saturated heterocycles. The molecule has 7 atom stereocenters. The third kappa shape index (κ3) is 8.35. The number of carbonyl (C=O) groups excluding carboxylic acids is 2. The van der Waals surface area contributed by atoms with Gasteiger partial charge in [-0.25, -0.2) is 4.98 Å². The maximum Gasteiger partial charge on any atom is 0.309 e. The van der Waals surface area contributed by atoms with Crippen LogP contribution in [0.3, 0.4) is 0 Å². The fourth-order valence-corrected chi connectivity index (χ4v) is 5.28. The highest BCUT2D eigenvalue weighted by molar-refractivity contribution is 7.09. The smallest absolute Gasteiger partial charge is 0.309 e. The highest BCUT2D eigenvalue weighted by atomic mass is 32.1. The zero-order valence-corrected chi connectivity index (χ0v) is 23.3. The molecule has 1 aliphatic rings. The lowest BCUT2D eigenvalue weighted by Gasteiger charge is -2.35. The number of rotatable bonds is 3. The number of esters is 1. The first-order valence-corrected chi connectivity index (χ1v) is 13.6. The van der Waals surface area contributed by atoms with Crippen LogP contribution < -0.4 is 0 Å². The molecule has 1 fully saturated rings. The van der Waals surface area contributed by atoms with Gasteiger partial charge in [0.25, 0.3) is 0 Å². The predicted molar refractivity (Wildman–Crippen MR) is 142 cm³/mol. The molecule has 0 amide bonds. The highest BCUT2D eigenvalue weighted by Crippen LogP contribution is 2.33. The zero-order valence-electron chi connectivity index (χ0n) is 22.5. The number of aromatic nitrogens is 1. The largest absolute Gasteiger partial charge is 0.458 e. The number of azide groups is 1. The number of aliphatic hydroxyl groups excluding tert-OH is 3. The van der Waals surface area contributed by atoms with Crippen molar-refractivity contribution >= 4 is 29.2 Å². The van der Waals surface area contributed by atoms with Gasteiger partial charge in [0.2, 0.25) is 0 Å². The van der Waals surface area contributed by atoms with Crippen LogP contribution in [0.5, 0.6) is 0 Å². The third-order valence-electron chi connectivity index (χ3n) is 7.39. The molecule has 0 aliphatic carbocycles. The lowest BCUT2D eigenvalue weighted by molar-refractivity contribution is -0.155. The molecule has 0 saturated carbocycles. The molecule has 0 spiro atoms. The minimum Gasteiger partial charge on any atom is -0.458 e. The summed E-state index contributed by atoms with van der Waals surface area (Å²) in [6, 6.07) is -0.763. The fourth-order valence-electron chi connectivity index (χ4n) is 4.71. The number of hydrogen-bond donors (Lipinski definition) is 3. The topological polar surface area (TPSA) is 166 Å². The number of cyclic esters (lactones) is 1. The number of hydrogen-bond acceptors (Lipinski definition) is 9. The molecule has 2 rings (SSSR count). The summed E-state index contributed by atoms with van der Waals surface area (Å²) in [5.41, 5.74) is 9.10. The molecule has 1 aromatic rings. The number of ether oxygens (including phenoxy) is 1. The third-order valence-corrected chi connectivity index (χ3v) is 8.18. The Balaban J connectivity index is 2.41. The van der Waals surface area contributed by atoms with Crippen LogP contribution in [-0.2, 0) is 14.3 Å². The Kier molecular flexibility index (Phi) is 11.3. The molecular formula is C26H40N4O6S. The van der Waals surface area contributed by atoms with Gasteiger partial charge in [-0.2, -0.15) is 0 Å². The molecule has 1 aliphatic heterocycles. The number of aliphatic hydroxyl groups is 3. The van der Waals surface area contributed by atoms with E-state index < -0.39 is 54.2 Å². The van der Waals surface area contributed by atoms with Gasteiger partial charge < -0.3 is 20.1 Å². The number of Topliss-reactive ketones (excluding diaryl/α,β-unsaturated/α-hetero) is 1. The lowest BCUT2D eigenvalue weighted by atomic mass is 9.73. The van der Waals surface area contributed by atoms with E-state index in [2.05, 4.69) is 15.0 Å². The summed E-state index contributed by atoms with van der Waals surface area (Å²) in [5, 5.41) is 39.1. The monoisotopic (exact) mass is 536 g/mol. The quantitative estimate of drug-likeness (QED) is 0.223. The zero-order chi connectivity index (χ0) is 27.9. The molecule has 1 aromatic heterocycles. The summed E-state index contributed by atoms with van der Waals surface area (Å²) in [6.45, 7) is 10.2. The van der Waals surface area contributed by atoms with Gasteiger partial charge in [0, 0.05) is 22.6 Å². The van der Waals surface area contributed by atoms with Gasteiger partial charge in [-0.15, -0.1) is 11.3 Å². The van der Waals surface area contributed by atoms with Crippen molar-refractivity contribution < 1.29 is 29.6 Å². The van der Waals surface area contributed by atoms with E-state index in [9.17, 15) is 24.9 Å². The Labute approximate surface area is 222 Å². The number of ketones is 1. The average molecular weight is 537 g/mol. The minimum atomic E-state index is -1.34. The van der Waals surface area contributed by atoms with Crippen LogP contribution in [0.4, 0.5) is 0 Å². The van der Waals surface area contributed by atoms with Crippen molar-refractivity contribution in [2.45, 2.75) is 104 Å². The predicted octanol–water partition coefficient (Wildman–Crippen LogP) is 4.36. The Hall–Kier alpha value is -2.30. The molecule has 206 valence electrons. The van der Waals surface area contributed by atoms with Crippen molar-refractivity contribution in [3.8, 4) is 0 Å². The first-order valence-electron chi connectivity index (χ1n) is 12.7. The van der Waals surface area contributed by atoms with Crippen LogP contribution in [0, 0.1) is 24.2 Å². The van der Waals surface area contributed by atoms with Crippen LogP contribution >= 0.6 is 11.3 Å². The molecule has 11 heteroatoms. The maximum atomic E-state index is 13.2. The normalized spacial score (nSPS) is 32.9. The molecule has 3 N–H and O–H groups in total. The van der Waals surface area contributed by atoms with E-state index in [-0.39, 0.29) is 18.1 Å². The average Bonchev–Trinajstić information content (AvgIpc) is 3.24. The van der Waals surface area contributed by atoms with Crippen LogP contribution in [0.2, 0.25) is 0 Å². The lowest BCUT2D eigenvalue weighted by Crippen LogP contribution is -2.46. The Morgan fingerprint density at radius 2 is 1.95 bits per heavy atom. The van der Waals surface area contributed by atoms with E-state index in [1.165, 1.54) is 11.3 Å². The van der Waals surface area contributed by atoms with Gasteiger partial charge in [-0.1, -0.05) is 39.2 Å². The second-order valence-corrected chi connectivity index (χ2v) is 11.8. The van der Waals surface area contributed by atoms with E-state index >= 15 is 0 Å². The molecule has 2 unspecified atom stereocenters. The highest BCUT2D eigenvalue weighted by Gasteiger charge is 2.42. The molecule has 0 aromatic carbocycles. The fraction of sp³-hybridized carbons (Fsp3) is 0.731. The van der Waals surface area contributed by atoms with E-state index in [1.807, 2.05) is 19.2 Å². The van der Waals surface area contributed by atoms with Gasteiger partial charge in [0.05, 0.1) is 46.9 Å². The van der Waals surface area contributed by atoms with E-state index in [1.54, 1.807) is 33.8 Å². The van der Waals surface area contributed by atoms with Gasteiger partial charge in [0.1, 0.15) is 11.9 Å². The standard InChI is InChI=1S/C26H40N4O6S/c1-14-8-7-9-19(29-30-27)20(31)11-21(15(2)10-18-13-37-17(4)28-18)36-23(33)12-22(32)26(5,6)25(35)16(3)24(14)34/h10,13-14,16,19-22,24,31-32,34H,7-9,11-12H2,1-6H3/b15-10+/t14?,16-,19-,20-,21?,22+,24+/m1/s1. The van der Waals surface area contributed by atoms with Crippen LogP contribution in [0.1, 0.15) is 77.4 Å². The summed E-state index contributed by atoms with van der Waals surface area (Å²) in [4.78, 5) is 33.4. The van der Waals surface area contributed by atoms with Crippen molar-refractivity contribution in [3.63, 3.8) is 0 Å². The first-order chi connectivity index (χ1) is 17.3. The van der Waals surface area contributed by atoms with Gasteiger partial charge in [-0.05, 0) is 49.8 Å². The van der Waals surface area contributed by atoms with Gasteiger partial charge >= 0.3 is 5.97 Å². The molecule has 2 heterocycles. The first kappa shape index (κ1) is 30.9. The molecule has 37 heavy (non-hydrogen) atoms. The van der Waals surface area contributed by atoms with Crippen molar-refractivity contribution in [3.05, 3.63) is 32.1 Å². The summed E-state index contributed by atoms with van der Waals surface area (Å²) < 4.78 is 5.71. The van der Waals surface area contributed by atoms with Gasteiger partial charge in [0.15, 0.2) is 0 Å². The summed E-state index contributed by atoms with van der Waals surface area (Å²) in [5.74, 6) is -2.08. The molecule has 10 nitrogen and oxygen atoms in total. The van der Waals surface area contributed by atoms with Crippen molar-refractivity contribution in [1.29, 1.82) is 0 Å². The number of aryl methyl sites for hydroxylation is 1. The van der Waals surface area contributed by atoms with E-state index in [0.29, 0.717) is 30.5 Å². The maximum absolute atomic E-state index is 13.2. The van der Waals surface area contributed by atoms with Crippen molar-refractivity contribution in [2.24, 2.45) is 22.4 Å². The Morgan fingerprint density at radius 1 is 1.27 bits per heavy atom. The van der Waals surface area contributed by atoms with Crippen LogP contribution in [0.25, 0.3) is 16.5 Å². The minimum absolute atomic E-state index is 0.0193. The van der Waals surface area contributed by atoms with Crippen molar-refractivity contribution in [1.82, 2.24) is 4.98 Å². The van der Waals surface area contributed by atoms with E-state index in [0.717, 1.165) is 5.01 Å². The van der Waals surface area contributed by atoms with Crippen LogP contribution in [0.15, 0.2) is 16.1 Å². The summed E-state index contributed by atoms with van der Waals surface area (Å²) in [7, 11) is 0. The molecule has 0 bridgehead atoms. The van der Waals surface area contributed by atoms with Crippen molar-refractivity contribution in [2.75, 3.05) is 0 Å².